The Balaban J connectivity index is 1.53. The zero-order valence-corrected chi connectivity index (χ0v) is 15.7. The number of nitrogens with one attached hydrogen (secondary N) is 1. The van der Waals surface area contributed by atoms with E-state index >= 15 is 0 Å². The molecular weight excluding hydrogens is 384 g/mol. The van der Waals surface area contributed by atoms with Gasteiger partial charge in [-0.05, 0) is 35.3 Å². The normalized spacial score (nSPS) is 10.8. The molecule has 0 radical (unpaired) electrons. The summed E-state index contributed by atoms with van der Waals surface area (Å²) >= 11 is 3.40. The number of anilines is 1. The molecule has 0 atom stereocenters. The monoisotopic (exact) mass is 402 g/mol. The van der Waals surface area contributed by atoms with Gasteiger partial charge in [-0.15, -0.1) is 5.10 Å². The molecule has 0 saturated heterocycles. The van der Waals surface area contributed by atoms with Gasteiger partial charge in [0.15, 0.2) is 0 Å². The highest BCUT2D eigenvalue weighted by Gasteiger charge is 2.08. The molecule has 2 heterocycles. The molecular formula is C17H19BrN6O. The predicted octanol–water partition coefficient (Wildman–Crippen LogP) is 2.93. The molecule has 1 aromatic carbocycles. The lowest BCUT2D eigenvalue weighted by atomic mass is 10.1. The van der Waals surface area contributed by atoms with Gasteiger partial charge in [0.05, 0.1) is 16.7 Å². The van der Waals surface area contributed by atoms with Crippen molar-refractivity contribution in [2.75, 3.05) is 5.32 Å². The Morgan fingerprint density at radius 1 is 1.24 bits per heavy atom. The Morgan fingerprint density at radius 3 is 2.80 bits per heavy atom. The van der Waals surface area contributed by atoms with Crippen LogP contribution in [0.2, 0.25) is 0 Å². The van der Waals surface area contributed by atoms with E-state index in [1.165, 1.54) is 5.56 Å². The van der Waals surface area contributed by atoms with Gasteiger partial charge < -0.3 is 0 Å². The molecule has 3 rings (SSSR count). The van der Waals surface area contributed by atoms with Crippen molar-refractivity contribution in [1.29, 1.82) is 0 Å². The molecule has 2 aromatic heterocycles. The highest BCUT2D eigenvalue weighted by atomic mass is 79.9. The first-order chi connectivity index (χ1) is 12.0. The van der Waals surface area contributed by atoms with Gasteiger partial charge in [0.25, 0.3) is 0 Å². The lowest BCUT2D eigenvalue weighted by molar-refractivity contribution is -0.116. The lowest BCUT2D eigenvalue weighted by Crippen LogP contribution is -2.16. The van der Waals surface area contributed by atoms with E-state index in [1.807, 2.05) is 25.3 Å². The molecule has 0 aliphatic rings. The van der Waals surface area contributed by atoms with Crippen molar-refractivity contribution in [3.63, 3.8) is 0 Å². The van der Waals surface area contributed by atoms with Crippen LogP contribution in [0.4, 0.5) is 5.95 Å². The van der Waals surface area contributed by atoms with Crippen LogP contribution in [-0.4, -0.2) is 30.5 Å². The smallest absolute Gasteiger partial charge is 0.248 e. The van der Waals surface area contributed by atoms with Gasteiger partial charge in [-0.2, -0.15) is 5.10 Å². The number of rotatable bonds is 6. The van der Waals surface area contributed by atoms with Crippen LogP contribution in [0.25, 0.3) is 0 Å². The molecule has 0 spiro atoms. The number of nitrogens with zero attached hydrogens (tertiary/aromatic N) is 5. The van der Waals surface area contributed by atoms with Gasteiger partial charge in [-0.25, -0.2) is 9.67 Å². The molecule has 0 unspecified atom stereocenters. The molecule has 1 N–H and O–H groups in total. The van der Waals surface area contributed by atoms with Crippen LogP contribution in [0.1, 0.15) is 23.2 Å². The second-order valence-corrected chi connectivity index (χ2v) is 6.73. The van der Waals surface area contributed by atoms with Crippen molar-refractivity contribution in [3.8, 4) is 0 Å². The second kappa shape index (κ2) is 7.60. The quantitative estimate of drug-likeness (QED) is 0.687. The van der Waals surface area contributed by atoms with Crippen LogP contribution in [0.3, 0.4) is 0 Å². The maximum atomic E-state index is 12.0. The number of carbonyl (C=O) groups is 1. The van der Waals surface area contributed by atoms with Crippen molar-refractivity contribution in [1.82, 2.24) is 24.5 Å². The SMILES string of the molecule is Cc1cccc(Cn2cnc(NC(=O)CCn3cc(Br)c(C)n3)n2)c1. The van der Waals surface area contributed by atoms with Gasteiger partial charge in [0.1, 0.15) is 6.33 Å². The minimum absolute atomic E-state index is 0.141. The van der Waals surface area contributed by atoms with Crippen molar-refractivity contribution >= 4 is 27.8 Å². The summed E-state index contributed by atoms with van der Waals surface area (Å²) in [7, 11) is 0. The summed E-state index contributed by atoms with van der Waals surface area (Å²) in [6.45, 7) is 5.08. The highest BCUT2D eigenvalue weighted by molar-refractivity contribution is 9.10. The van der Waals surface area contributed by atoms with Crippen molar-refractivity contribution in [3.05, 3.63) is 58.1 Å². The molecule has 130 valence electrons. The Bertz CT molecular complexity index is 865. The third-order valence-electron chi connectivity index (χ3n) is 3.67. The molecule has 0 aliphatic carbocycles. The molecule has 3 aromatic rings. The standard InChI is InChI=1S/C17H19BrN6O/c1-12-4-3-5-14(8-12)9-24-11-19-17(22-24)20-16(25)6-7-23-10-15(18)13(2)21-23/h3-5,8,10-11H,6-7,9H2,1-2H3,(H,20,22,25). The summed E-state index contributed by atoms with van der Waals surface area (Å²) in [5.41, 5.74) is 3.24. The molecule has 7 nitrogen and oxygen atoms in total. The predicted molar refractivity (Wildman–Crippen MR) is 98.2 cm³/mol. The van der Waals surface area contributed by atoms with E-state index in [-0.39, 0.29) is 5.91 Å². The fourth-order valence-electron chi connectivity index (χ4n) is 2.44. The van der Waals surface area contributed by atoms with Crippen LogP contribution >= 0.6 is 15.9 Å². The van der Waals surface area contributed by atoms with Crippen LogP contribution < -0.4 is 5.32 Å². The van der Waals surface area contributed by atoms with E-state index in [0.717, 1.165) is 15.7 Å². The molecule has 25 heavy (non-hydrogen) atoms. The van der Waals surface area contributed by atoms with Crippen LogP contribution in [0.15, 0.2) is 41.3 Å². The number of aromatic nitrogens is 5. The Hall–Kier alpha value is -2.48. The van der Waals surface area contributed by atoms with Crippen molar-refractivity contribution < 1.29 is 4.79 Å². The number of hydrogen-bond acceptors (Lipinski definition) is 4. The van der Waals surface area contributed by atoms with Crippen LogP contribution in [-0.2, 0) is 17.9 Å². The minimum atomic E-state index is -0.141. The van der Waals surface area contributed by atoms with E-state index in [0.29, 0.717) is 25.5 Å². The lowest BCUT2D eigenvalue weighted by Gasteiger charge is -2.03. The van der Waals surface area contributed by atoms with E-state index in [9.17, 15) is 4.79 Å². The second-order valence-electron chi connectivity index (χ2n) is 5.88. The number of carbonyl (C=O) groups excluding carboxylic acids is 1. The summed E-state index contributed by atoms with van der Waals surface area (Å²) in [5.74, 6) is 0.174. The Labute approximate surface area is 154 Å². The summed E-state index contributed by atoms with van der Waals surface area (Å²) in [5, 5.41) is 11.3. The fraction of sp³-hybridized carbons (Fsp3) is 0.294. The molecule has 0 aliphatic heterocycles. The van der Waals surface area contributed by atoms with Gasteiger partial charge in [0.2, 0.25) is 11.9 Å². The van der Waals surface area contributed by atoms with Gasteiger partial charge in [0, 0.05) is 19.2 Å². The summed E-state index contributed by atoms with van der Waals surface area (Å²) in [4.78, 5) is 16.2. The first kappa shape index (κ1) is 17.3. The van der Waals surface area contributed by atoms with E-state index < -0.39 is 0 Å². The number of hydrogen-bond donors (Lipinski definition) is 1. The van der Waals surface area contributed by atoms with Crippen LogP contribution in [0.5, 0.6) is 0 Å². The molecule has 0 saturated carbocycles. The topological polar surface area (TPSA) is 77.6 Å². The number of benzene rings is 1. The van der Waals surface area contributed by atoms with Crippen molar-refractivity contribution in [2.45, 2.75) is 33.4 Å². The fourth-order valence-corrected chi connectivity index (χ4v) is 2.75. The maximum absolute atomic E-state index is 12.0. The number of halogens is 1. The maximum Gasteiger partial charge on any atom is 0.248 e. The Morgan fingerprint density at radius 2 is 2.08 bits per heavy atom. The summed E-state index contributed by atoms with van der Waals surface area (Å²) in [6.07, 6.45) is 3.78. The first-order valence-electron chi connectivity index (χ1n) is 7.94. The molecule has 0 bridgehead atoms. The molecule has 1 amide bonds. The zero-order chi connectivity index (χ0) is 17.8. The molecule has 0 fully saturated rings. The average Bonchev–Trinajstić information content (AvgIpc) is 3.12. The summed E-state index contributed by atoms with van der Waals surface area (Å²) in [6, 6.07) is 8.21. The molecule has 8 heteroatoms. The number of amides is 1. The van der Waals surface area contributed by atoms with Gasteiger partial charge in [-0.1, -0.05) is 29.8 Å². The average molecular weight is 403 g/mol. The Kier molecular flexibility index (Phi) is 5.28. The van der Waals surface area contributed by atoms with Crippen LogP contribution in [0, 0.1) is 13.8 Å². The summed E-state index contributed by atoms with van der Waals surface area (Å²) < 4.78 is 4.38. The van der Waals surface area contributed by atoms with E-state index in [4.69, 9.17) is 0 Å². The first-order valence-corrected chi connectivity index (χ1v) is 8.73. The zero-order valence-electron chi connectivity index (χ0n) is 14.1. The van der Waals surface area contributed by atoms with Gasteiger partial charge in [-0.3, -0.25) is 14.8 Å². The highest BCUT2D eigenvalue weighted by Crippen LogP contribution is 2.13. The largest absolute Gasteiger partial charge is 0.293 e. The van der Waals surface area contributed by atoms with Crippen molar-refractivity contribution in [2.24, 2.45) is 0 Å². The minimum Gasteiger partial charge on any atom is -0.293 e. The number of aryl methyl sites for hydroxylation is 3. The van der Waals surface area contributed by atoms with E-state index in [1.54, 1.807) is 15.7 Å². The van der Waals surface area contributed by atoms with E-state index in [2.05, 4.69) is 55.5 Å². The third-order valence-corrected chi connectivity index (χ3v) is 4.45. The van der Waals surface area contributed by atoms with Gasteiger partial charge >= 0.3 is 0 Å². The third kappa shape index (κ3) is 4.76.